The Bertz CT molecular complexity index is 798. The number of carbonyl (C=O) groups excluding carboxylic acids is 1. The van der Waals surface area contributed by atoms with Gasteiger partial charge in [0.25, 0.3) is 0 Å². The minimum absolute atomic E-state index is 0.161. The lowest BCUT2D eigenvalue weighted by molar-refractivity contribution is -0.119. The van der Waals surface area contributed by atoms with Gasteiger partial charge < -0.3 is 4.98 Å². The molecule has 0 bridgehead atoms. The summed E-state index contributed by atoms with van der Waals surface area (Å²) in [6, 6.07) is 11.4. The van der Waals surface area contributed by atoms with Crippen LogP contribution in [0, 0.1) is 0 Å². The van der Waals surface area contributed by atoms with Crippen LogP contribution in [-0.2, 0) is 4.79 Å². The summed E-state index contributed by atoms with van der Waals surface area (Å²) in [6.45, 7) is 3.87. The van der Waals surface area contributed by atoms with Crippen LogP contribution in [0.15, 0.2) is 60.5 Å². The van der Waals surface area contributed by atoms with Crippen molar-refractivity contribution in [3.63, 3.8) is 0 Å². The molecule has 7 heteroatoms. The molecule has 1 amide bonds. The first kappa shape index (κ1) is 15.1. The number of hydrogen-bond acceptors (Lipinski definition) is 5. The summed E-state index contributed by atoms with van der Waals surface area (Å²) < 4.78 is 0. The van der Waals surface area contributed by atoms with Gasteiger partial charge in [-0.15, -0.1) is 0 Å². The molecule has 0 unspecified atom stereocenters. The van der Waals surface area contributed by atoms with E-state index in [1.54, 1.807) is 12.4 Å². The fourth-order valence-corrected chi connectivity index (χ4v) is 2.62. The molecule has 1 aromatic carbocycles. The van der Waals surface area contributed by atoms with Gasteiger partial charge in [0.15, 0.2) is 5.16 Å². The standard InChI is InChI=1S/C16H15N5OS/c1-11(12-6-8-17-9-7-12)20-21-15(22)10-23-16-18-13-4-2-3-5-14(13)19-16/h2-9,20H,1,10H2,(H,18,19)(H,21,22). The lowest BCUT2D eigenvalue weighted by Gasteiger charge is -2.10. The second-order valence-electron chi connectivity index (χ2n) is 4.74. The van der Waals surface area contributed by atoms with Crippen LogP contribution in [0.2, 0.25) is 0 Å². The number of hydrogen-bond donors (Lipinski definition) is 3. The summed E-state index contributed by atoms with van der Waals surface area (Å²) in [4.78, 5) is 23.4. The number of imidazole rings is 1. The Balaban J connectivity index is 1.49. The first-order valence-corrected chi connectivity index (χ1v) is 7.92. The molecule has 3 rings (SSSR count). The summed E-state index contributed by atoms with van der Waals surface area (Å²) in [5, 5.41) is 0.717. The van der Waals surface area contributed by atoms with E-state index < -0.39 is 0 Å². The van der Waals surface area contributed by atoms with Crippen molar-refractivity contribution in [2.75, 3.05) is 5.75 Å². The van der Waals surface area contributed by atoms with E-state index in [1.807, 2.05) is 36.4 Å². The lowest BCUT2D eigenvalue weighted by atomic mass is 10.2. The predicted molar refractivity (Wildman–Crippen MR) is 91.4 cm³/mol. The van der Waals surface area contributed by atoms with E-state index in [0.717, 1.165) is 16.6 Å². The topological polar surface area (TPSA) is 82.7 Å². The third-order valence-corrected chi connectivity index (χ3v) is 3.96. The second kappa shape index (κ2) is 6.97. The number of hydrazine groups is 1. The van der Waals surface area contributed by atoms with Crippen molar-refractivity contribution in [1.29, 1.82) is 0 Å². The Labute approximate surface area is 137 Å². The quantitative estimate of drug-likeness (QED) is 0.479. The summed E-state index contributed by atoms with van der Waals surface area (Å²) in [6.07, 6.45) is 3.34. The number of carbonyl (C=O) groups is 1. The fourth-order valence-electron chi connectivity index (χ4n) is 1.94. The normalized spacial score (nSPS) is 10.4. The van der Waals surface area contributed by atoms with Crippen molar-refractivity contribution >= 4 is 34.4 Å². The smallest absolute Gasteiger partial charge is 0.248 e. The zero-order chi connectivity index (χ0) is 16.1. The molecule has 23 heavy (non-hydrogen) atoms. The highest BCUT2D eigenvalue weighted by molar-refractivity contribution is 7.99. The van der Waals surface area contributed by atoms with Gasteiger partial charge in [0.05, 0.1) is 22.5 Å². The maximum absolute atomic E-state index is 11.9. The number of para-hydroxylation sites is 2. The zero-order valence-electron chi connectivity index (χ0n) is 12.2. The molecule has 0 aliphatic heterocycles. The maximum Gasteiger partial charge on any atom is 0.248 e. The number of thioether (sulfide) groups is 1. The second-order valence-corrected chi connectivity index (χ2v) is 5.70. The van der Waals surface area contributed by atoms with Crippen molar-refractivity contribution in [2.24, 2.45) is 0 Å². The minimum Gasteiger partial charge on any atom is -0.333 e. The van der Waals surface area contributed by atoms with Crippen LogP contribution in [0.3, 0.4) is 0 Å². The highest BCUT2D eigenvalue weighted by Gasteiger charge is 2.07. The molecule has 0 fully saturated rings. The largest absolute Gasteiger partial charge is 0.333 e. The van der Waals surface area contributed by atoms with Gasteiger partial charge in [-0.05, 0) is 24.3 Å². The molecule has 2 aromatic heterocycles. The van der Waals surface area contributed by atoms with Gasteiger partial charge in [0.2, 0.25) is 5.91 Å². The van der Waals surface area contributed by atoms with E-state index in [0.29, 0.717) is 10.9 Å². The zero-order valence-corrected chi connectivity index (χ0v) is 13.1. The van der Waals surface area contributed by atoms with Gasteiger partial charge >= 0.3 is 0 Å². The van der Waals surface area contributed by atoms with E-state index in [9.17, 15) is 4.79 Å². The van der Waals surface area contributed by atoms with Gasteiger partial charge in [0, 0.05) is 18.0 Å². The number of aromatic nitrogens is 3. The Kier molecular flexibility index (Phi) is 4.58. The number of amides is 1. The van der Waals surface area contributed by atoms with E-state index in [1.165, 1.54) is 11.8 Å². The number of rotatable bonds is 6. The summed E-state index contributed by atoms with van der Waals surface area (Å²) in [5.74, 6) is 0.0851. The van der Waals surface area contributed by atoms with E-state index >= 15 is 0 Å². The van der Waals surface area contributed by atoms with Gasteiger partial charge in [-0.2, -0.15) is 0 Å². The molecule has 3 N–H and O–H groups in total. The highest BCUT2D eigenvalue weighted by atomic mass is 32.2. The van der Waals surface area contributed by atoms with Crippen molar-refractivity contribution < 1.29 is 4.79 Å². The number of nitrogens with one attached hydrogen (secondary N) is 3. The lowest BCUT2D eigenvalue weighted by Crippen LogP contribution is -2.37. The molecule has 0 spiro atoms. The Morgan fingerprint density at radius 3 is 2.74 bits per heavy atom. The summed E-state index contributed by atoms with van der Waals surface area (Å²) in [5.41, 5.74) is 8.73. The molecule has 6 nitrogen and oxygen atoms in total. The van der Waals surface area contributed by atoms with Crippen LogP contribution in [0.5, 0.6) is 0 Å². The van der Waals surface area contributed by atoms with E-state index in [2.05, 4.69) is 32.4 Å². The molecular formula is C16H15N5OS. The van der Waals surface area contributed by atoms with Crippen molar-refractivity contribution in [3.8, 4) is 0 Å². The van der Waals surface area contributed by atoms with Crippen molar-refractivity contribution in [1.82, 2.24) is 25.8 Å². The van der Waals surface area contributed by atoms with Crippen LogP contribution in [0.1, 0.15) is 5.56 Å². The Morgan fingerprint density at radius 1 is 1.17 bits per heavy atom. The Morgan fingerprint density at radius 2 is 1.96 bits per heavy atom. The van der Waals surface area contributed by atoms with E-state index in [-0.39, 0.29) is 11.7 Å². The molecular weight excluding hydrogens is 310 g/mol. The SMILES string of the molecule is C=C(NNC(=O)CSc1nc2ccccc2[nH]1)c1ccncc1. The molecule has 0 saturated heterocycles. The maximum atomic E-state index is 11.9. The van der Waals surface area contributed by atoms with Gasteiger partial charge in [0.1, 0.15) is 0 Å². The highest BCUT2D eigenvalue weighted by Crippen LogP contribution is 2.18. The molecule has 2 heterocycles. The first-order valence-electron chi connectivity index (χ1n) is 6.94. The van der Waals surface area contributed by atoms with Crippen LogP contribution in [0.4, 0.5) is 0 Å². The predicted octanol–water partition coefficient (Wildman–Crippen LogP) is 2.34. The third kappa shape index (κ3) is 3.89. The number of pyridine rings is 1. The number of fused-ring (bicyclic) bond motifs is 1. The molecule has 116 valence electrons. The van der Waals surface area contributed by atoms with Gasteiger partial charge in [-0.3, -0.25) is 20.6 Å². The average molecular weight is 325 g/mol. The average Bonchev–Trinajstić information content (AvgIpc) is 3.01. The fraction of sp³-hybridized carbons (Fsp3) is 0.0625. The summed E-state index contributed by atoms with van der Waals surface area (Å²) in [7, 11) is 0. The third-order valence-electron chi connectivity index (χ3n) is 3.09. The molecule has 0 aliphatic carbocycles. The molecule has 3 aromatic rings. The molecule has 0 atom stereocenters. The first-order chi connectivity index (χ1) is 11.2. The van der Waals surface area contributed by atoms with Gasteiger partial charge in [-0.25, -0.2) is 4.98 Å². The molecule has 0 aliphatic rings. The number of benzene rings is 1. The number of aromatic amines is 1. The molecule has 0 radical (unpaired) electrons. The van der Waals surface area contributed by atoms with E-state index in [4.69, 9.17) is 0 Å². The minimum atomic E-state index is -0.161. The number of nitrogens with zero attached hydrogens (tertiary/aromatic N) is 2. The van der Waals surface area contributed by atoms with Crippen LogP contribution >= 0.6 is 11.8 Å². The monoisotopic (exact) mass is 325 g/mol. The Hall–Kier alpha value is -2.80. The van der Waals surface area contributed by atoms with Gasteiger partial charge in [-0.1, -0.05) is 30.5 Å². The number of H-pyrrole nitrogens is 1. The van der Waals surface area contributed by atoms with Crippen LogP contribution in [-0.4, -0.2) is 26.6 Å². The van der Waals surface area contributed by atoms with Crippen LogP contribution < -0.4 is 10.9 Å². The van der Waals surface area contributed by atoms with Crippen molar-refractivity contribution in [2.45, 2.75) is 5.16 Å². The summed E-state index contributed by atoms with van der Waals surface area (Å²) >= 11 is 1.34. The van der Waals surface area contributed by atoms with Crippen molar-refractivity contribution in [3.05, 3.63) is 60.9 Å². The molecule has 0 saturated carbocycles. The van der Waals surface area contributed by atoms with Crippen LogP contribution in [0.25, 0.3) is 16.7 Å².